The Morgan fingerprint density at radius 1 is 1.16 bits per heavy atom. The molecule has 1 aromatic rings. The fraction of sp³-hybridized carbons (Fsp3) is 0.588. The first-order chi connectivity index (χ1) is 8.72. The molecule has 0 spiro atoms. The molecule has 0 saturated heterocycles. The van der Waals surface area contributed by atoms with Gasteiger partial charge in [0.15, 0.2) is 0 Å². The third-order valence-electron chi connectivity index (χ3n) is 3.52. The van der Waals surface area contributed by atoms with Crippen molar-refractivity contribution in [2.45, 2.75) is 65.4 Å². The summed E-state index contributed by atoms with van der Waals surface area (Å²) in [4.78, 5) is 11.0. The van der Waals surface area contributed by atoms with Gasteiger partial charge in [0.05, 0.1) is 6.10 Å². The molecular formula is C17H26O2. The maximum absolute atomic E-state index is 11.0. The summed E-state index contributed by atoms with van der Waals surface area (Å²) in [5, 5.41) is 0. The lowest BCUT2D eigenvalue weighted by Gasteiger charge is -2.28. The Morgan fingerprint density at radius 3 is 2.11 bits per heavy atom. The van der Waals surface area contributed by atoms with Crippen LogP contribution in [0.3, 0.4) is 0 Å². The molecule has 0 heterocycles. The summed E-state index contributed by atoms with van der Waals surface area (Å²) in [6.07, 6.45) is 0.769. The molecule has 1 rings (SSSR count). The summed E-state index contributed by atoms with van der Waals surface area (Å²) in [5.74, 6) is 0.343. The van der Waals surface area contributed by atoms with Gasteiger partial charge in [-0.3, -0.25) is 4.79 Å². The number of rotatable bonds is 5. The number of hydrogen-bond acceptors (Lipinski definition) is 2. The van der Waals surface area contributed by atoms with Gasteiger partial charge in [-0.25, -0.2) is 0 Å². The number of benzene rings is 1. The second-order valence-electron chi connectivity index (χ2n) is 6.28. The zero-order valence-electron chi connectivity index (χ0n) is 13.0. The van der Waals surface area contributed by atoms with Gasteiger partial charge in [0.2, 0.25) is 0 Å². The van der Waals surface area contributed by atoms with Crippen molar-refractivity contribution in [3.05, 3.63) is 35.4 Å². The molecular weight excluding hydrogens is 236 g/mol. The molecule has 0 bridgehead atoms. The van der Waals surface area contributed by atoms with Crippen LogP contribution in [-0.4, -0.2) is 12.1 Å². The minimum atomic E-state index is -0.210. The van der Waals surface area contributed by atoms with E-state index in [1.165, 1.54) is 18.1 Å². The zero-order chi connectivity index (χ0) is 14.6. The molecule has 1 aromatic carbocycles. The molecule has 19 heavy (non-hydrogen) atoms. The Kier molecular flexibility index (Phi) is 5.16. The highest BCUT2D eigenvalue weighted by Crippen LogP contribution is 2.30. The van der Waals surface area contributed by atoms with Crippen molar-refractivity contribution in [3.8, 4) is 0 Å². The third kappa shape index (κ3) is 4.70. The molecule has 0 aliphatic heterocycles. The van der Waals surface area contributed by atoms with Crippen LogP contribution in [0.1, 0.15) is 65.0 Å². The first-order valence-electron chi connectivity index (χ1n) is 7.00. The van der Waals surface area contributed by atoms with E-state index in [4.69, 9.17) is 4.74 Å². The predicted octanol–water partition coefficient (Wildman–Crippen LogP) is 4.43. The molecule has 106 valence electrons. The van der Waals surface area contributed by atoms with E-state index >= 15 is 0 Å². The highest BCUT2D eigenvalue weighted by molar-refractivity contribution is 5.66. The standard InChI is InChI=1S/C17H26O2/c1-12(2)15-7-9-16(10-8-15)17(5,6)11-13(3)19-14(4)18/h7-10,12-13H,11H2,1-6H3. The third-order valence-corrected chi connectivity index (χ3v) is 3.52. The Balaban J connectivity index is 2.78. The van der Waals surface area contributed by atoms with Gasteiger partial charge in [-0.05, 0) is 35.8 Å². The summed E-state index contributed by atoms with van der Waals surface area (Å²) in [7, 11) is 0. The minimum absolute atomic E-state index is 0.00434. The Morgan fingerprint density at radius 2 is 1.68 bits per heavy atom. The van der Waals surface area contributed by atoms with Gasteiger partial charge in [0.1, 0.15) is 0 Å². The van der Waals surface area contributed by atoms with Crippen LogP contribution in [0.15, 0.2) is 24.3 Å². The van der Waals surface area contributed by atoms with Crippen molar-refractivity contribution >= 4 is 5.97 Å². The van der Waals surface area contributed by atoms with Crippen LogP contribution in [0.5, 0.6) is 0 Å². The fourth-order valence-electron chi connectivity index (χ4n) is 2.48. The number of carbonyl (C=O) groups excluding carboxylic acids is 1. The summed E-state index contributed by atoms with van der Waals surface area (Å²) < 4.78 is 5.23. The highest BCUT2D eigenvalue weighted by Gasteiger charge is 2.24. The van der Waals surface area contributed by atoms with Crippen LogP contribution in [0, 0.1) is 0 Å². The molecule has 0 radical (unpaired) electrons. The lowest BCUT2D eigenvalue weighted by molar-refractivity contribution is -0.146. The van der Waals surface area contributed by atoms with E-state index in [-0.39, 0.29) is 17.5 Å². The summed E-state index contributed by atoms with van der Waals surface area (Å²) >= 11 is 0. The van der Waals surface area contributed by atoms with E-state index in [1.54, 1.807) is 0 Å². The van der Waals surface area contributed by atoms with Gasteiger partial charge in [0, 0.05) is 6.92 Å². The van der Waals surface area contributed by atoms with Gasteiger partial charge >= 0.3 is 5.97 Å². The molecule has 0 aliphatic rings. The smallest absolute Gasteiger partial charge is 0.302 e. The van der Waals surface area contributed by atoms with Crippen LogP contribution in [0.2, 0.25) is 0 Å². The van der Waals surface area contributed by atoms with Crippen molar-refractivity contribution in [1.82, 2.24) is 0 Å². The van der Waals surface area contributed by atoms with E-state index in [9.17, 15) is 4.79 Å². The van der Waals surface area contributed by atoms with Gasteiger partial charge < -0.3 is 4.74 Å². The van der Waals surface area contributed by atoms with Crippen LogP contribution >= 0.6 is 0 Å². The average Bonchev–Trinajstić information content (AvgIpc) is 2.27. The lowest BCUT2D eigenvalue weighted by atomic mass is 9.79. The van der Waals surface area contributed by atoms with Crippen LogP contribution < -0.4 is 0 Å². The summed E-state index contributed by atoms with van der Waals surface area (Å²) in [5.41, 5.74) is 2.65. The van der Waals surface area contributed by atoms with Gasteiger partial charge in [-0.2, -0.15) is 0 Å². The monoisotopic (exact) mass is 262 g/mol. The highest BCUT2D eigenvalue weighted by atomic mass is 16.5. The van der Waals surface area contributed by atoms with E-state index in [2.05, 4.69) is 52.0 Å². The van der Waals surface area contributed by atoms with Crippen LogP contribution in [-0.2, 0) is 14.9 Å². The predicted molar refractivity (Wildman–Crippen MR) is 79.4 cm³/mol. The largest absolute Gasteiger partial charge is 0.463 e. The normalized spacial score (nSPS) is 13.4. The molecule has 0 amide bonds. The molecule has 2 nitrogen and oxygen atoms in total. The van der Waals surface area contributed by atoms with Crippen molar-refractivity contribution < 1.29 is 9.53 Å². The molecule has 1 atom stereocenters. The van der Waals surface area contributed by atoms with Gasteiger partial charge in [0.25, 0.3) is 0 Å². The first-order valence-corrected chi connectivity index (χ1v) is 7.00. The van der Waals surface area contributed by atoms with Crippen molar-refractivity contribution in [2.75, 3.05) is 0 Å². The Hall–Kier alpha value is -1.31. The quantitative estimate of drug-likeness (QED) is 0.734. The Labute approximate surface area is 117 Å². The lowest BCUT2D eigenvalue weighted by Crippen LogP contribution is -2.26. The molecule has 0 fully saturated rings. The van der Waals surface area contributed by atoms with E-state index < -0.39 is 0 Å². The second-order valence-corrected chi connectivity index (χ2v) is 6.28. The topological polar surface area (TPSA) is 26.3 Å². The first kappa shape index (κ1) is 15.7. The number of esters is 1. The van der Waals surface area contributed by atoms with Crippen LogP contribution in [0.25, 0.3) is 0 Å². The Bertz CT molecular complexity index is 415. The molecule has 0 saturated carbocycles. The number of carbonyl (C=O) groups is 1. The van der Waals surface area contributed by atoms with Gasteiger partial charge in [-0.15, -0.1) is 0 Å². The molecule has 2 heteroatoms. The average molecular weight is 262 g/mol. The van der Waals surface area contributed by atoms with E-state index in [1.807, 2.05) is 6.92 Å². The minimum Gasteiger partial charge on any atom is -0.463 e. The van der Waals surface area contributed by atoms with Crippen molar-refractivity contribution in [2.24, 2.45) is 0 Å². The van der Waals surface area contributed by atoms with E-state index in [0.717, 1.165) is 6.42 Å². The molecule has 1 unspecified atom stereocenters. The summed E-state index contributed by atoms with van der Waals surface area (Å²) in [6, 6.07) is 8.77. The SMILES string of the molecule is CC(=O)OC(C)CC(C)(C)c1ccc(C(C)C)cc1. The summed E-state index contributed by atoms with van der Waals surface area (Å²) in [6.45, 7) is 12.2. The zero-order valence-corrected chi connectivity index (χ0v) is 13.0. The maximum Gasteiger partial charge on any atom is 0.302 e. The van der Waals surface area contributed by atoms with Crippen molar-refractivity contribution in [3.63, 3.8) is 0 Å². The van der Waals surface area contributed by atoms with E-state index in [0.29, 0.717) is 5.92 Å². The van der Waals surface area contributed by atoms with Gasteiger partial charge in [-0.1, -0.05) is 52.0 Å². The number of ether oxygens (including phenoxy) is 1. The van der Waals surface area contributed by atoms with Crippen molar-refractivity contribution in [1.29, 1.82) is 0 Å². The maximum atomic E-state index is 11.0. The molecule has 0 aliphatic carbocycles. The fourth-order valence-corrected chi connectivity index (χ4v) is 2.48. The second kappa shape index (κ2) is 6.23. The molecule has 0 aromatic heterocycles. The number of hydrogen-bond donors (Lipinski definition) is 0. The van der Waals surface area contributed by atoms with Crippen LogP contribution in [0.4, 0.5) is 0 Å². The molecule has 0 N–H and O–H groups in total.